The van der Waals surface area contributed by atoms with E-state index in [1.807, 2.05) is 12.1 Å². The van der Waals surface area contributed by atoms with Gasteiger partial charge >= 0.3 is 0 Å². The van der Waals surface area contributed by atoms with Crippen LogP contribution < -0.4 is 0 Å². The summed E-state index contributed by atoms with van der Waals surface area (Å²) >= 11 is 1.62. The zero-order valence-electron chi connectivity index (χ0n) is 9.89. The molecule has 1 heterocycles. The Bertz CT molecular complexity index is 629. The van der Waals surface area contributed by atoms with Crippen LogP contribution in [0.1, 0.15) is 23.2 Å². The molecule has 18 heavy (non-hydrogen) atoms. The van der Waals surface area contributed by atoms with E-state index in [9.17, 15) is 0 Å². The van der Waals surface area contributed by atoms with E-state index in [2.05, 4.69) is 29.3 Å². The van der Waals surface area contributed by atoms with Crippen molar-refractivity contribution >= 4 is 11.8 Å². The van der Waals surface area contributed by atoms with Crippen LogP contribution in [0.4, 0.5) is 0 Å². The first-order valence-electron chi connectivity index (χ1n) is 6.02. The van der Waals surface area contributed by atoms with Crippen molar-refractivity contribution in [3.8, 4) is 6.07 Å². The Morgan fingerprint density at radius 2 is 2.00 bits per heavy atom. The lowest BCUT2D eigenvalue weighted by molar-refractivity contribution is 0.911. The number of aromatic nitrogens is 1. The van der Waals surface area contributed by atoms with Crippen molar-refractivity contribution in [1.29, 1.82) is 5.26 Å². The van der Waals surface area contributed by atoms with Crippen LogP contribution in [0, 0.1) is 11.3 Å². The van der Waals surface area contributed by atoms with Gasteiger partial charge in [0.1, 0.15) is 16.8 Å². The van der Waals surface area contributed by atoms with Gasteiger partial charge in [-0.2, -0.15) is 5.26 Å². The smallest absolute Gasteiger partial charge is 0.141 e. The summed E-state index contributed by atoms with van der Waals surface area (Å²) in [5.74, 6) is 0. The number of rotatable bonds is 2. The molecule has 0 spiro atoms. The summed E-state index contributed by atoms with van der Waals surface area (Å²) in [4.78, 5) is 5.49. The molecule has 0 unspecified atom stereocenters. The molecule has 1 aliphatic carbocycles. The van der Waals surface area contributed by atoms with E-state index < -0.39 is 0 Å². The van der Waals surface area contributed by atoms with E-state index in [0.29, 0.717) is 5.69 Å². The van der Waals surface area contributed by atoms with Gasteiger partial charge in [-0.15, -0.1) is 0 Å². The number of fused-ring (bicyclic) bond motifs is 1. The molecule has 3 heteroatoms. The molecule has 1 aromatic heterocycles. The van der Waals surface area contributed by atoms with Gasteiger partial charge in [0.2, 0.25) is 0 Å². The molecule has 0 aliphatic heterocycles. The number of pyridine rings is 1. The largest absolute Gasteiger partial charge is 0.230 e. The molecule has 1 aromatic carbocycles. The minimum absolute atomic E-state index is 0.473. The van der Waals surface area contributed by atoms with Crippen LogP contribution in [0.5, 0.6) is 0 Å². The predicted molar refractivity (Wildman–Crippen MR) is 71.5 cm³/mol. The molecule has 1 aliphatic rings. The number of hydrogen-bond acceptors (Lipinski definition) is 3. The number of aryl methyl sites for hydroxylation is 2. The molecule has 2 aromatic rings. The second kappa shape index (κ2) is 4.83. The van der Waals surface area contributed by atoms with Crippen LogP contribution in [0.15, 0.2) is 46.3 Å². The average molecular weight is 252 g/mol. The third-order valence-corrected chi connectivity index (χ3v) is 4.06. The molecular weight excluding hydrogens is 240 g/mol. The Morgan fingerprint density at radius 1 is 1.11 bits per heavy atom. The SMILES string of the molecule is N#Cc1cccc(Sc2ccc3c(c2)CCC3)n1. The first kappa shape index (κ1) is 11.3. The van der Waals surface area contributed by atoms with Crippen LogP contribution >= 0.6 is 11.8 Å². The lowest BCUT2D eigenvalue weighted by Crippen LogP contribution is -1.86. The maximum Gasteiger partial charge on any atom is 0.141 e. The number of nitrogens with zero attached hydrogens (tertiary/aromatic N) is 2. The molecule has 0 N–H and O–H groups in total. The van der Waals surface area contributed by atoms with Gasteiger partial charge in [0.25, 0.3) is 0 Å². The van der Waals surface area contributed by atoms with Crippen LogP contribution in [0.3, 0.4) is 0 Å². The molecule has 0 saturated heterocycles. The quantitative estimate of drug-likeness (QED) is 0.819. The highest BCUT2D eigenvalue weighted by molar-refractivity contribution is 7.99. The molecule has 3 rings (SSSR count). The highest BCUT2D eigenvalue weighted by atomic mass is 32.2. The summed E-state index contributed by atoms with van der Waals surface area (Å²) in [6.07, 6.45) is 3.67. The van der Waals surface area contributed by atoms with Gasteiger partial charge in [0.15, 0.2) is 0 Å². The molecule has 0 fully saturated rings. The number of nitriles is 1. The third kappa shape index (κ3) is 2.25. The highest BCUT2D eigenvalue weighted by Gasteiger charge is 2.11. The minimum atomic E-state index is 0.473. The van der Waals surface area contributed by atoms with Gasteiger partial charge in [0.05, 0.1) is 0 Å². The van der Waals surface area contributed by atoms with Crippen molar-refractivity contribution in [2.75, 3.05) is 0 Å². The van der Waals surface area contributed by atoms with E-state index in [4.69, 9.17) is 5.26 Å². The lowest BCUT2D eigenvalue weighted by atomic mass is 10.1. The molecule has 0 amide bonds. The van der Waals surface area contributed by atoms with Crippen molar-refractivity contribution in [2.24, 2.45) is 0 Å². The molecular formula is C15H12N2S. The van der Waals surface area contributed by atoms with Crippen molar-refractivity contribution in [1.82, 2.24) is 4.98 Å². The Labute approximate surface area is 111 Å². The topological polar surface area (TPSA) is 36.7 Å². The van der Waals surface area contributed by atoms with Gasteiger partial charge in [-0.3, -0.25) is 0 Å². The number of benzene rings is 1. The summed E-state index contributed by atoms with van der Waals surface area (Å²) in [6.45, 7) is 0. The van der Waals surface area contributed by atoms with Crippen molar-refractivity contribution in [3.05, 3.63) is 53.2 Å². The van der Waals surface area contributed by atoms with E-state index in [0.717, 1.165) is 5.03 Å². The van der Waals surface area contributed by atoms with Crippen LogP contribution in [-0.2, 0) is 12.8 Å². The molecule has 0 radical (unpaired) electrons. The van der Waals surface area contributed by atoms with Crippen LogP contribution in [0.25, 0.3) is 0 Å². The summed E-state index contributed by atoms with van der Waals surface area (Å²) in [5.41, 5.74) is 3.43. The van der Waals surface area contributed by atoms with E-state index in [1.54, 1.807) is 17.8 Å². The van der Waals surface area contributed by atoms with E-state index in [1.165, 1.54) is 35.3 Å². The molecule has 0 atom stereocenters. The average Bonchev–Trinajstić information content (AvgIpc) is 2.86. The molecule has 2 nitrogen and oxygen atoms in total. The molecule has 0 bridgehead atoms. The normalized spacial score (nSPS) is 13.1. The fraction of sp³-hybridized carbons (Fsp3) is 0.200. The zero-order chi connectivity index (χ0) is 12.4. The Kier molecular flexibility index (Phi) is 3.04. The first-order chi connectivity index (χ1) is 8.85. The highest BCUT2D eigenvalue weighted by Crippen LogP contribution is 2.31. The summed E-state index contributed by atoms with van der Waals surface area (Å²) in [5, 5.41) is 9.71. The second-order valence-electron chi connectivity index (χ2n) is 4.36. The minimum Gasteiger partial charge on any atom is -0.230 e. The lowest BCUT2D eigenvalue weighted by Gasteiger charge is -2.04. The fourth-order valence-electron chi connectivity index (χ4n) is 2.27. The van der Waals surface area contributed by atoms with Gasteiger partial charge in [-0.05, 0) is 54.7 Å². The fourth-order valence-corrected chi connectivity index (χ4v) is 3.14. The standard InChI is InChI=1S/C15H12N2S/c16-10-13-5-2-6-15(17-13)18-14-8-7-11-3-1-4-12(11)9-14/h2,5-9H,1,3-4H2. The Hall–Kier alpha value is -1.79. The van der Waals surface area contributed by atoms with E-state index >= 15 is 0 Å². The van der Waals surface area contributed by atoms with Crippen LogP contribution in [-0.4, -0.2) is 4.98 Å². The summed E-state index contributed by atoms with van der Waals surface area (Å²) in [6, 6.07) is 14.2. The first-order valence-corrected chi connectivity index (χ1v) is 6.83. The van der Waals surface area contributed by atoms with Gasteiger partial charge < -0.3 is 0 Å². The van der Waals surface area contributed by atoms with Crippen molar-refractivity contribution in [2.45, 2.75) is 29.2 Å². The van der Waals surface area contributed by atoms with Crippen LogP contribution in [0.2, 0.25) is 0 Å². The maximum atomic E-state index is 8.83. The maximum absolute atomic E-state index is 8.83. The second-order valence-corrected chi connectivity index (χ2v) is 5.45. The third-order valence-electron chi connectivity index (χ3n) is 3.13. The van der Waals surface area contributed by atoms with E-state index in [-0.39, 0.29) is 0 Å². The molecule has 88 valence electrons. The van der Waals surface area contributed by atoms with Crippen molar-refractivity contribution in [3.63, 3.8) is 0 Å². The summed E-state index contributed by atoms with van der Waals surface area (Å²) in [7, 11) is 0. The monoisotopic (exact) mass is 252 g/mol. The van der Waals surface area contributed by atoms with Gasteiger partial charge in [0, 0.05) is 4.90 Å². The predicted octanol–water partition coefficient (Wildman–Crippen LogP) is 3.59. The zero-order valence-corrected chi connectivity index (χ0v) is 10.7. The number of hydrogen-bond donors (Lipinski definition) is 0. The Balaban J connectivity index is 1.86. The Morgan fingerprint density at radius 3 is 2.89 bits per heavy atom. The van der Waals surface area contributed by atoms with Crippen molar-refractivity contribution < 1.29 is 0 Å². The summed E-state index contributed by atoms with van der Waals surface area (Å²) < 4.78 is 0. The van der Waals surface area contributed by atoms with Gasteiger partial charge in [-0.1, -0.05) is 23.9 Å². The van der Waals surface area contributed by atoms with Gasteiger partial charge in [-0.25, -0.2) is 4.98 Å². The molecule has 0 saturated carbocycles.